The molecule has 0 saturated carbocycles. The van der Waals surface area contributed by atoms with Crippen molar-refractivity contribution in [3.05, 3.63) is 16.7 Å². The van der Waals surface area contributed by atoms with Gasteiger partial charge < -0.3 is 25.3 Å². The van der Waals surface area contributed by atoms with Crippen LogP contribution < -0.4 is 16.6 Å². The second kappa shape index (κ2) is 9.57. The van der Waals surface area contributed by atoms with Crippen LogP contribution in [0, 0.1) is 5.89 Å². The van der Waals surface area contributed by atoms with Crippen molar-refractivity contribution in [2.45, 2.75) is 52.8 Å². The van der Waals surface area contributed by atoms with E-state index in [1.54, 1.807) is 5.32 Å². The SMILES string of the molecule is [2H]C([2H])([2H])C([2H])(C([2H])([2H])[2H])C([2H])(NC(=O)OC(C)(C)C)C(=O)OCCOCn1cnc2c(=O)[nH]c(N)nc21. The average molecular weight is 433 g/mol. The first-order valence-electron chi connectivity index (χ1n) is 12.6. The van der Waals surface area contributed by atoms with Crippen LogP contribution in [0.25, 0.3) is 11.2 Å². The molecule has 0 spiro atoms. The molecule has 2 heterocycles. The first-order chi connectivity index (χ1) is 17.1. The summed E-state index contributed by atoms with van der Waals surface area (Å²) in [6.45, 7) is -4.51. The Morgan fingerprint density at radius 1 is 1.40 bits per heavy atom. The third-order valence-electron chi connectivity index (χ3n) is 3.26. The highest BCUT2D eigenvalue weighted by molar-refractivity contribution is 5.81. The second-order valence-corrected chi connectivity index (χ2v) is 6.89. The van der Waals surface area contributed by atoms with Crippen LogP contribution >= 0.6 is 0 Å². The second-order valence-electron chi connectivity index (χ2n) is 6.89. The molecule has 0 aromatic carbocycles. The first kappa shape index (κ1) is 14.0. The van der Waals surface area contributed by atoms with E-state index in [1.807, 2.05) is 0 Å². The molecule has 0 aliphatic rings. The number of H-pyrrole nitrogens is 1. The molecule has 0 fully saturated rings. The lowest BCUT2D eigenvalue weighted by molar-refractivity contribution is -0.149. The van der Waals surface area contributed by atoms with Gasteiger partial charge in [0.1, 0.15) is 25.0 Å². The number of carbonyl (C=O) groups is 2. The number of nitrogens with zero attached hydrogens (tertiary/aromatic N) is 3. The summed E-state index contributed by atoms with van der Waals surface area (Å²) in [6, 6.07) is -3.66. The van der Waals surface area contributed by atoms with Crippen molar-refractivity contribution in [1.82, 2.24) is 24.8 Å². The number of nitrogens with two attached hydrogens (primary N) is 1. The lowest BCUT2D eigenvalue weighted by Gasteiger charge is -2.24. The predicted octanol–water partition coefficient (Wildman–Crippen LogP) is 0.768. The van der Waals surface area contributed by atoms with Gasteiger partial charge in [0.2, 0.25) is 5.95 Å². The molecule has 12 nitrogen and oxygen atoms in total. The van der Waals surface area contributed by atoms with Crippen molar-refractivity contribution in [3.63, 3.8) is 0 Å². The number of alkyl carbamates (subject to hydrolysis) is 1. The van der Waals surface area contributed by atoms with Gasteiger partial charge in [-0.3, -0.25) is 14.3 Å². The molecule has 4 N–H and O–H groups in total. The minimum atomic E-state index is -3.86. The first-order valence-corrected chi connectivity index (χ1v) is 8.61. The number of imidazole rings is 1. The maximum atomic E-state index is 12.9. The zero-order valence-electron chi connectivity index (χ0n) is 24.6. The number of anilines is 1. The largest absolute Gasteiger partial charge is 0.462 e. The van der Waals surface area contributed by atoms with Crippen LogP contribution in [0.2, 0.25) is 0 Å². The molecule has 166 valence electrons. The van der Waals surface area contributed by atoms with Crippen molar-refractivity contribution in [2.24, 2.45) is 5.89 Å². The Morgan fingerprint density at radius 3 is 2.80 bits per heavy atom. The lowest BCUT2D eigenvalue weighted by atomic mass is 10.1. The number of aromatic nitrogens is 4. The molecule has 1 amide bonds. The van der Waals surface area contributed by atoms with E-state index in [9.17, 15) is 14.4 Å². The number of carbonyl (C=O) groups excluding carboxylic acids is 2. The van der Waals surface area contributed by atoms with Gasteiger partial charge in [-0.15, -0.1) is 0 Å². The molecule has 0 aliphatic carbocycles. The van der Waals surface area contributed by atoms with Crippen LogP contribution in [-0.4, -0.2) is 56.4 Å². The summed E-state index contributed by atoms with van der Waals surface area (Å²) >= 11 is 0. The van der Waals surface area contributed by atoms with Gasteiger partial charge in [0.25, 0.3) is 5.56 Å². The topological polar surface area (TPSA) is 163 Å². The molecule has 2 aromatic rings. The number of aromatic amines is 1. The minimum Gasteiger partial charge on any atom is -0.462 e. The molecule has 1 unspecified atom stereocenters. The summed E-state index contributed by atoms with van der Waals surface area (Å²) in [5, 5.41) is 1.61. The quantitative estimate of drug-likeness (QED) is 0.403. The lowest BCUT2D eigenvalue weighted by Crippen LogP contribution is -2.47. The monoisotopic (exact) mass is 432 g/mol. The fourth-order valence-electron chi connectivity index (χ4n) is 2.11. The zero-order valence-corrected chi connectivity index (χ0v) is 16.6. The van der Waals surface area contributed by atoms with Crippen LogP contribution in [0.5, 0.6) is 0 Å². The maximum Gasteiger partial charge on any atom is 0.408 e. The number of esters is 1. The summed E-state index contributed by atoms with van der Waals surface area (Å²) in [5.74, 6) is -5.87. The van der Waals surface area contributed by atoms with Crippen LogP contribution in [-0.2, 0) is 25.7 Å². The highest BCUT2D eigenvalue weighted by Crippen LogP contribution is 2.10. The van der Waals surface area contributed by atoms with E-state index in [-0.39, 0.29) is 30.4 Å². The number of ether oxygens (including phenoxy) is 3. The van der Waals surface area contributed by atoms with Crippen molar-refractivity contribution in [3.8, 4) is 0 Å². The summed E-state index contributed by atoms with van der Waals surface area (Å²) in [4.78, 5) is 47.2. The summed E-state index contributed by atoms with van der Waals surface area (Å²) in [5.41, 5.74) is 3.85. The van der Waals surface area contributed by atoms with Crippen molar-refractivity contribution in [1.29, 1.82) is 0 Å². The molecular formula is C18H28N6O6. The molecule has 12 heteroatoms. The number of fused-ring (bicyclic) bond motifs is 1. The minimum absolute atomic E-state index is 0.0115. The fraction of sp³-hybridized carbons (Fsp3) is 0.611. The Morgan fingerprint density at radius 2 is 2.13 bits per heavy atom. The molecule has 0 bridgehead atoms. The predicted molar refractivity (Wildman–Crippen MR) is 107 cm³/mol. The standard InChI is InChI=1S/C18H28N6O6/c1-10(2)11(21-17(27)30-18(3,4)5)15(26)29-7-6-28-9-24-8-20-12-13(24)22-16(19)23-14(12)25/h8,10-11H,6-7,9H2,1-5H3,(H,21,27)(H3,19,22,23,25)/i1D3,2D3,10D,11D. The molecule has 1 atom stereocenters. The Balaban J connectivity index is 2.21. The van der Waals surface area contributed by atoms with Crippen LogP contribution in [0.1, 0.15) is 45.4 Å². The number of hydrogen-bond acceptors (Lipinski definition) is 9. The van der Waals surface area contributed by atoms with E-state index in [2.05, 4.69) is 15.0 Å². The fourth-order valence-corrected chi connectivity index (χ4v) is 2.11. The summed E-state index contributed by atoms with van der Waals surface area (Å²) < 4.78 is 78.9. The molecule has 0 aliphatic heterocycles. The van der Waals surface area contributed by atoms with Gasteiger partial charge in [-0.25, -0.2) is 14.6 Å². The molecule has 0 radical (unpaired) electrons. The molecular weight excluding hydrogens is 396 g/mol. The van der Waals surface area contributed by atoms with Gasteiger partial charge >= 0.3 is 12.1 Å². The van der Waals surface area contributed by atoms with E-state index in [1.165, 1.54) is 31.7 Å². The molecule has 30 heavy (non-hydrogen) atoms. The van der Waals surface area contributed by atoms with Crippen LogP contribution in [0.4, 0.5) is 10.7 Å². The van der Waals surface area contributed by atoms with Gasteiger partial charge in [0.15, 0.2) is 11.2 Å². The van der Waals surface area contributed by atoms with E-state index < -0.39 is 55.4 Å². The molecule has 2 rings (SSSR count). The van der Waals surface area contributed by atoms with E-state index in [0.29, 0.717) is 0 Å². The van der Waals surface area contributed by atoms with E-state index in [4.69, 9.17) is 30.9 Å². The number of hydrogen-bond donors (Lipinski definition) is 3. The van der Waals surface area contributed by atoms with Crippen LogP contribution in [0.15, 0.2) is 11.1 Å². The van der Waals surface area contributed by atoms with Crippen LogP contribution in [0.3, 0.4) is 0 Å². The number of amides is 1. The Bertz CT molecular complexity index is 1220. The smallest absolute Gasteiger partial charge is 0.408 e. The summed E-state index contributed by atoms with van der Waals surface area (Å²) in [7, 11) is 0. The third-order valence-corrected chi connectivity index (χ3v) is 3.26. The van der Waals surface area contributed by atoms with Crippen molar-refractivity contribution < 1.29 is 34.8 Å². The molecule has 2 aromatic heterocycles. The van der Waals surface area contributed by atoms with E-state index >= 15 is 0 Å². The van der Waals surface area contributed by atoms with Gasteiger partial charge in [-0.2, -0.15) is 4.98 Å². The van der Waals surface area contributed by atoms with Gasteiger partial charge in [0, 0.05) is 9.60 Å². The maximum absolute atomic E-state index is 12.9. The van der Waals surface area contributed by atoms with Gasteiger partial charge in [-0.05, 0) is 26.7 Å². The highest BCUT2D eigenvalue weighted by Gasteiger charge is 2.28. The number of rotatable bonds is 8. The number of nitrogens with one attached hydrogen (secondary N) is 2. The Labute approximate surface area is 184 Å². The van der Waals surface area contributed by atoms with Gasteiger partial charge in [-0.1, -0.05) is 13.7 Å². The zero-order chi connectivity index (χ0) is 29.3. The van der Waals surface area contributed by atoms with Gasteiger partial charge in [0.05, 0.1) is 14.3 Å². The van der Waals surface area contributed by atoms with Crippen molar-refractivity contribution in [2.75, 3.05) is 18.9 Å². The van der Waals surface area contributed by atoms with Crippen molar-refractivity contribution >= 4 is 29.2 Å². The van der Waals surface area contributed by atoms with E-state index in [0.717, 1.165) is 0 Å². The highest BCUT2D eigenvalue weighted by atomic mass is 16.6. The Hall–Kier alpha value is -3.15. The summed E-state index contributed by atoms with van der Waals surface area (Å²) in [6.07, 6.45) is -0.279. The Kier molecular flexibility index (Phi) is 4.45. The average Bonchev–Trinajstić information content (AvgIpc) is 3.12. The molecule has 0 saturated heterocycles. The third kappa shape index (κ3) is 6.44. The normalized spacial score (nSPS) is 18.9. The number of nitrogen functional groups attached to an aromatic ring is 1.